The number of nitrogens with zero attached hydrogens (tertiary/aromatic N) is 1. The minimum absolute atomic E-state index is 0.0364. The molecule has 130 valence electrons. The molecule has 0 spiro atoms. The Morgan fingerprint density at radius 1 is 1.28 bits per heavy atom. The highest BCUT2D eigenvalue weighted by Crippen LogP contribution is 2.25. The van der Waals surface area contributed by atoms with Crippen molar-refractivity contribution in [1.82, 2.24) is 0 Å². The third-order valence-electron chi connectivity index (χ3n) is 3.46. The first kappa shape index (κ1) is 20.6. The van der Waals surface area contributed by atoms with Crippen LogP contribution in [0, 0.1) is 22.0 Å². The summed E-state index contributed by atoms with van der Waals surface area (Å²) >= 11 is 8.20. The van der Waals surface area contributed by atoms with Crippen LogP contribution in [0.1, 0.15) is 29.5 Å². The molecule has 0 aromatic heterocycles. The summed E-state index contributed by atoms with van der Waals surface area (Å²) in [7, 11) is 0. The van der Waals surface area contributed by atoms with Crippen LogP contribution in [0.15, 0.2) is 48.5 Å². The van der Waals surface area contributed by atoms with Gasteiger partial charge in [-0.1, -0.05) is 42.4 Å². The van der Waals surface area contributed by atoms with Gasteiger partial charge in [0.05, 0.1) is 9.91 Å². The minimum atomic E-state index is -0.419. The fourth-order valence-electron chi connectivity index (χ4n) is 2.39. The molecule has 0 radical (unpaired) electrons. The maximum absolute atomic E-state index is 10.9. The minimum Gasteiger partial charge on any atom is -0.393 e. The average Bonchev–Trinajstić information content (AvgIpc) is 2.62. The number of thiocarbonyl (C=S) groups is 1. The summed E-state index contributed by atoms with van der Waals surface area (Å²) in [4.78, 5) is 10.8. The largest absolute Gasteiger partial charge is 0.393 e. The standard InChI is InChI=1S/C18H16N2O2S.H3NS/c1-2-5-13-6-3-7-14(10-13)11-17(18(19)23)15-8-4-9-16(12-15)20(21)22;1-2/h3-4,6-10,12,17H,11H2,1H3,(H2,19,23);2H,1H2. The molecule has 0 fully saturated rings. The quantitative estimate of drug-likeness (QED) is 0.246. The Hall–Kier alpha value is -2.40. The predicted octanol–water partition coefficient (Wildman–Crippen LogP) is 3.37. The van der Waals surface area contributed by atoms with Gasteiger partial charge in [0.2, 0.25) is 0 Å². The second-order valence-corrected chi connectivity index (χ2v) is 5.56. The van der Waals surface area contributed by atoms with Crippen LogP contribution in [0.25, 0.3) is 0 Å². The van der Waals surface area contributed by atoms with Crippen molar-refractivity contribution in [2.24, 2.45) is 10.9 Å². The van der Waals surface area contributed by atoms with Gasteiger partial charge in [0.1, 0.15) is 0 Å². The molecule has 0 aliphatic carbocycles. The lowest BCUT2D eigenvalue weighted by Crippen LogP contribution is -2.21. The highest BCUT2D eigenvalue weighted by molar-refractivity contribution is 7.80. The molecule has 4 N–H and O–H groups in total. The van der Waals surface area contributed by atoms with Crippen molar-refractivity contribution in [2.75, 3.05) is 0 Å². The van der Waals surface area contributed by atoms with Crippen molar-refractivity contribution >= 4 is 35.7 Å². The van der Waals surface area contributed by atoms with Crippen molar-refractivity contribution in [2.45, 2.75) is 19.3 Å². The second-order valence-electron chi connectivity index (χ2n) is 5.09. The average molecular weight is 374 g/mol. The van der Waals surface area contributed by atoms with E-state index in [-0.39, 0.29) is 11.6 Å². The number of rotatable bonds is 5. The zero-order valence-corrected chi connectivity index (χ0v) is 15.4. The van der Waals surface area contributed by atoms with Gasteiger partial charge in [-0.15, -0.1) is 18.7 Å². The van der Waals surface area contributed by atoms with Crippen molar-refractivity contribution in [3.05, 3.63) is 75.3 Å². The summed E-state index contributed by atoms with van der Waals surface area (Å²) < 4.78 is 0. The molecular formula is C18H19N3O2S2. The Bertz CT molecular complexity index is 813. The fraction of sp³-hybridized carbons (Fsp3) is 0.167. The third kappa shape index (κ3) is 6.19. The number of hydrogen-bond donors (Lipinski definition) is 3. The van der Waals surface area contributed by atoms with Crippen molar-refractivity contribution < 1.29 is 4.92 Å². The van der Waals surface area contributed by atoms with Gasteiger partial charge in [-0.3, -0.25) is 15.3 Å². The highest BCUT2D eigenvalue weighted by atomic mass is 32.1. The lowest BCUT2D eigenvalue weighted by Gasteiger charge is -2.16. The number of non-ortho nitro benzene ring substituents is 1. The van der Waals surface area contributed by atoms with Crippen LogP contribution in [0.2, 0.25) is 0 Å². The van der Waals surface area contributed by atoms with Gasteiger partial charge in [-0.05, 0) is 36.6 Å². The van der Waals surface area contributed by atoms with Crippen molar-refractivity contribution in [1.29, 1.82) is 0 Å². The Balaban J connectivity index is 0.00000151. The summed E-state index contributed by atoms with van der Waals surface area (Å²) in [5.41, 5.74) is 8.62. The lowest BCUT2D eigenvalue weighted by atomic mass is 9.91. The second kappa shape index (κ2) is 10.5. The first-order chi connectivity index (χ1) is 12.0. The molecule has 25 heavy (non-hydrogen) atoms. The predicted molar refractivity (Wildman–Crippen MR) is 108 cm³/mol. The Labute approximate surface area is 158 Å². The number of hydrogen-bond acceptors (Lipinski definition) is 5. The summed E-state index contributed by atoms with van der Waals surface area (Å²) in [5, 5.41) is 15.1. The van der Waals surface area contributed by atoms with Crippen LogP contribution in [0.3, 0.4) is 0 Å². The topological polar surface area (TPSA) is 95.2 Å². The Morgan fingerprint density at radius 3 is 2.56 bits per heavy atom. The molecule has 2 rings (SSSR count). The molecule has 0 amide bonds. The lowest BCUT2D eigenvalue weighted by molar-refractivity contribution is -0.384. The SMILES string of the molecule is CC#Cc1cccc(CC(C(N)=S)c2cccc([N+](=O)[O-])c2)c1.NS. The van der Waals surface area contributed by atoms with Crippen molar-refractivity contribution in [3.8, 4) is 11.8 Å². The van der Waals surface area contributed by atoms with Gasteiger partial charge < -0.3 is 5.73 Å². The van der Waals surface area contributed by atoms with Gasteiger partial charge >= 0.3 is 0 Å². The van der Waals surface area contributed by atoms with E-state index in [0.29, 0.717) is 11.4 Å². The van der Waals surface area contributed by atoms with Gasteiger partial charge in [-0.2, -0.15) is 0 Å². The Kier molecular flexibility index (Phi) is 8.64. The zero-order chi connectivity index (χ0) is 18.8. The van der Waals surface area contributed by atoms with E-state index in [9.17, 15) is 10.1 Å². The maximum Gasteiger partial charge on any atom is 0.269 e. The van der Waals surface area contributed by atoms with Crippen molar-refractivity contribution in [3.63, 3.8) is 0 Å². The fourth-order valence-corrected chi connectivity index (χ4v) is 2.61. The number of nitrogens with two attached hydrogens (primary N) is 2. The molecule has 0 heterocycles. The number of nitro groups is 1. The van der Waals surface area contributed by atoms with Gasteiger partial charge in [0.25, 0.3) is 5.69 Å². The van der Waals surface area contributed by atoms with Crippen LogP contribution >= 0.6 is 25.0 Å². The number of nitro benzene ring substituents is 1. The van der Waals surface area contributed by atoms with E-state index >= 15 is 0 Å². The summed E-state index contributed by atoms with van der Waals surface area (Å²) in [5.74, 6) is 5.62. The highest BCUT2D eigenvalue weighted by Gasteiger charge is 2.18. The van der Waals surface area contributed by atoms with E-state index in [1.54, 1.807) is 13.0 Å². The molecule has 0 bridgehead atoms. The number of thiol groups is 1. The summed E-state index contributed by atoms with van der Waals surface area (Å²) in [6.07, 6.45) is 0.579. The smallest absolute Gasteiger partial charge is 0.269 e. The van der Waals surface area contributed by atoms with E-state index in [0.717, 1.165) is 16.7 Å². The van der Waals surface area contributed by atoms with Crippen LogP contribution < -0.4 is 10.9 Å². The molecular weight excluding hydrogens is 354 g/mol. The molecule has 2 aromatic rings. The van der Waals surface area contributed by atoms with Crippen LogP contribution in [0.4, 0.5) is 5.69 Å². The normalized spacial score (nSPS) is 10.5. The van der Waals surface area contributed by atoms with E-state index < -0.39 is 4.92 Å². The van der Waals surface area contributed by atoms with E-state index in [2.05, 4.69) is 29.8 Å². The van der Waals surface area contributed by atoms with Gasteiger partial charge in [-0.25, -0.2) is 0 Å². The molecule has 2 aromatic carbocycles. The van der Waals surface area contributed by atoms with Crippen LogP contribution in [-0.2, 0) is 6.42 Å². The van der Waals surface area contributed by atoms with E-state index in [4.69, 9.17) is 18.0 Å². The van der Waals surface area contributed by atoms with E-state index in [1.165, 1.54) is 12.1 Å². The molecule has 1 unspecified atom stereocenters. The molecule has 5 nitrogen and oxygen atoms in total. The molecule has 0 saturated heterocycles. The third-order valence-corrected chi connectivity index (χ3v) is 3.75. The molecule has 1 atom stereocenters. The molecule has 0 saturated carbocycles. The molecule has 0 aliphatic heterocycles. The van der Waals surface area contributed by atoms with Crippen LogP contribution in [-0.4, -0.2) is 9.91 Å². The first-order valence-corrected chi connectivity index (χ1v) is 8.25. The zero-order valence-electron chi connectivity index (χ0n) is 13.7. The number of benzene rings is 2. The first-order valence-electron chi connectivity index (χ1n) is 7.32. The maximum atomic E-state index is 10.9. The summed E-state index contributed by atoms with van der Waals surface area (Å²) in [6.45, 7) is 1.79. The van der Waals surface area contributed by atoms with E-state index in [1.807, 2.05) is 30.3 Å². The van der Waals surface area contributed by atoms with Gasteiger partial charge in [0.15, 0.2) is 0 Å². The Morgan fingerprint density at radius 2 is 1.96 bits per heavy atom. The van der Waals surface area contributed by atoms with Crippen LogP contribution in [0.5, 0.6) is 0 Å². The monoisotopic (exact) mass is 373 g/mol. The molecule has 7 heteroatoms. The summed E-state index contributed by atoms with van der Waals surface area (Å²) in [6, 6.07) is 14.3. The van der Waals surface area contributed by atoms with Gasteiger partial charge in [0, 0.05) is 23.6 Å². The molecule has 0 aliphatic rings.